The first-order valence-electron chi connectivity index (χ1n) is 5.93. The molecule has 0 radical (unpaired) electrons. The van der Waals surface area contributed by atoms with Crippen LogP contribution in [0.15, 0.2) is 36.4 Å². The first-order valence-corrected chi connectivity index (χ1v) is 5.93. The van der Waals surface area contributed by atoms with Gasteiger partial charge in [0.2, 0.25) is 0 Å². The fraction of sp³-hybridized carbons (Fsp3) is 0.0714. The van der Waals surface area contributed by atoms with Crippen LogP contribution >= 0.6 is 0 Å². The van der Waals surface area contributed by atoms with Crippen LogP contribution in [0.3, 0.4) is 0 Å². The fourth-order valence-corrected chi connectivity index (χ4v) is 1.84. The Balaban J connectivity index is 2.28. The van der Waals surface area contributed by atoms with Gasteiger partial charge in [-0.2, -0.15) is 0 Å². The van der Waals surface area contributed by atoms with Gasteiger partial charge in [-0.05, 0) is 37.3 Å². The SMILES string of the molecule is Cc1cc(Nc2ccc(C(=O)O)cc2F)ccc1[N+](=O)[O-]. The van der Waals surface area contributed by atoms with Gasteiger partial charge < -0.3 is 10.4 Å². The molecule has 2 aromatic carbocycles. The van der Waals surface area contributed by atoms with Crippen LogP contribution in [-0.4, -0.2) is 16.0 Å². The van der Waals surface area contributed by atoms with Crippen molar-refractivity contribution in [2.75, 3.05) is 5.32 Å². The van der Waals surface area contributed by atoms with Crippen molar-refractivity contribution in [2.24, 2.45) is 0 Å². The fourth-order valence-electron chi connectivity index (χ4n) is 1.84. The minimum atomic E-state index is -1.22. The zero-order chi connectivity index (χ0) is 15.6. The van der Waals surface area contributed by atoms with Gasteiger partial charge in [-0.1, -0.05) is 0 Å². The summed E-state index contributed by atoms with van der Waals surface area (Å²) in [5, 5.41) is 22.2. The summed E-state index contributed by atoms with van der Waals surface area (Å²) in [5.74, 6) is -1.93. The van der Waals surface area contributed by atoms with Gasteiger partial charge in [0.25, 0.3) is 5.69 Å². The molecule has 2 aromatic rings. The molecule has 0 heterocycles. The van der Waals surface area contributed by atoms with E-state index in [0.29, 0.717) is 11.3 Å². The van der Waals surface area contributed by atoms with Crippen molar-refractivity contribution in [3.63, 3.8) is 0 Å². The van der Waals surface area contributed by atoms with Crippen molar-refractivity contribution in [3.8, 4) is 0 Å². The lowest BCUT2D eigenvalue weighted by Crippen LogP contribution is -2.00. The molecular weight excluding hydrogens is 279 g/mol. The van der Waals surface area contributed by atoms with E-state index >= 15 is 0 Å². The standard InChI is InChI=1S/C14H11FN2O4/c1-8-6-10(3-5-13(8)17(20)21)16-12-4-2-9(14(18)19)7-11(12)15/h2-7,16H,1H3,(H,18,19). The van der Waals surface area contributed by atoms with E-state index in [9.17, 15) is 19.3 Å². The third-order valence-electron chi connectivity index (χ3n) is 2.89. The van der Waals surface area contributed by atoms with Gasteiger partial charge in [-0.15, -0.1) is 0 Å². The number of nitro benzene ring substituents is 1. The van der Waals surface area contributed by atoms with E-state index in [4.69, 9.17) is 5.11 Å². The highest BCUT2D eigenvalue weighted by atomic mass is 19.1. The topological polar surface area (TPSA) is 92.5 Å². The number of aryl methyl sites for hydroxylation is 1. The highest BCUT2D eigenvalue weighted by Gasteiger charge is 2.12. The van der Waals surface area contributed by atoms with E-state index in [0.717, 1.165) is 6.07 Å². The summed E-state index contributed by atoms with van der Waals surface area (Å²) in [6, 6.07) is 7.77. The number of rotatable bonds is 4. The van der Waals surface area contributed by atoms with Crippen molar-refractivity contribution in [1.82, 2.24) is 0 Å². The Labute approximate surface area is 119 Å². The van der Waals surface area contributed by atoms with E-state index in [1.54, 1.807) is 6.92 Å². The highest BCUT2D eigenvalue weighted by molar-refractivity contribution is 5.88. The number of hydrogen-bond acceptors (Lipinski definition) is 4. The molecule has 0 unspecified atom stereocenters. The number of carboxylic acids is 1. The molecule has 0 amide bonds. The molecule has 0 saturated heterocycles. The van der Waals surface area contributed by atoms with Crippen LogP contribution in [0.1, 0.15) is 15.9 Å². The molecule has 108 valence electrons. The van der Waals surface area contributed by atoms with Crippen LogP contribution in [0.25, 0.3) is 0 Å². The van der Waals surface area contributed by atoms with E-state index in [1.165, 1.54) is 30.3 Å². The van der Waals surface area contributed by atoms with Gasteiger partial charge in [0.05, 0.1) is 16.2 Å². The monoisotopic (exact) mass is 290 g/mol. The molecule has 0 aromatic heterocycles. The molecule has 0 aliphatic carbocycles. The lowest BCUT2D eigenvalue weighted by atomic mass is 10.1. The van der Waals surface area contributed by atoms with E-state index in [-0.39, 0.29) is 16.9 Å². The molecule has 0 aliphatic rings. The Morgan fingerprint density at radius 3 is 2.52 bits per heavy atom. The number of aromatic carboxylic acids is 1. The smallest absolute Gasteiger partial charge is 0.335 e. The second kappa shape index (κ2) is 5.58. The van der Waals surface area contributed by atoms with Crippen molar-refractivity contribution in [2.45, 2.75) is 6.92 Å². The Hall–Kier alpha value is -2.96. The normalized spacial score (nSPS) is 10.2. The van der Waals surface area contributed by atoms with Crippen LogP contribution in [-0.2, 0) is 0 Å². The maximum atomic E-state index is 13.8. The summed E-state index contributed by atoms with van der Waals surface area (Å²) in [4.78, 5) is 20.9. The molecule has 0 aliphatic heterocycles. The summed E-state index contributed by atoms with van der Waals surface area (Å²) in [7, 11) is 0. The first-order chi connectivity index (χ1) is 9.88. The molecule has 0 bridgehead atoms. The van der Waals surface area contributed by atoms with Gasteiger partial charge in [0, 0.05) is 17.3 Å². The molecule has 2 rings (SSSR count). The minimum Gasteiger partial charge on any atom is -0.478 e. The number of carbonyl (C=O) groups is 1. The van der Waals surface area contributed by atoms with Gasteiger partial charge in [-0.25, -0.2) is 9.18 Å². The zero-order valence-electron chi connectivity index (χ0n) is 11.0. The molecule has 2 N–H and O–H groups in total. The predicted molar refractivity (Wildman–Crippen MR) is 74.5 cm³/mol. The van der Waals surface area contributed by atoms with Crippen LogP contribution in [0.2, 0.25) is 0 Å². The molecule has 0 atom stereocenters. The third kappa shape index (κ3) is 3.14. The first kappa shape index (κ1) is 14.4. The maximum absolute atomic E-state index is 13.8. The number of nitro groups is 1. The predicted octanol–water partition coefficient (Wildman–Crippen LogP) is 3.48. The number of anilines is 2. The van der Waals surface area contributed by atoms with E-state index in [1.807, 2.05) is 0 Å². The number of carboxylic acid groups (broad SMARTS) is 1. The quantitative estimate of drug-likeness (QED) is 0.664. The second-order valence-electron chi connectivity index (χ2n) is 4.38. The van der Waals surface area contributed by atoms with Crippen LogP contribution in [0.5, 0.6) is 0 Å². The number of halogens is 1. The van der Waals surface area contributed by atoms with Gasteiger partial charge >= 0.3 is 5.97 Å². The number of nitrogens with zero attached hydrogens (tertiary/aromatic N) is 1. The Morgan fingerprint density at radius 1 is 1.29 bits per heavy atom. The van der Waals surface area contributed by atoms with Gasteiger partial charge in [0.15, 0.2) is 0 Å². The number of nitrogens with one attached hydrogen (secondary N) is 1. The summed E-state index contributed by atoms with van der Waals surface area (Å²) in [6.45, 7) is 1.58. The summed E-state index contributed by atoms with van der Waals surface area (Å²) < 4.78 is 13.8. The summed E-state index contributed by atoms with van der Waals surface area (Å²) in [6.07, 6.45) is 0. The van der Waals surface area contributed by atoms with Crippen molar-refractivity contribution < 1.29 is 19.2 Å². The average molecular weight is 290 g/mol. The number of benzene rings is 2. The van der Waals surface area contributed by atoms with Crippen LogP contribution < -0.4 is 5.32 Å². The minimum absolute atomic E-state index is 0.0257. The van der Waals surface area contributed by atoms with Gasteiger partial charge in [0.1, 0.15) is 5.82 Å². The Bertz CT molecular complexity index is 731. The Kier molecular flexibility index (Phi) is 3.84. The van der Waals surface area contributed by atoms with E-state index in [2.05, 4.69) is 5.32 Å². The zero-order valence-corrected chi connectivity index (χ0v) is 11.0. The lowest BCUT2D eigenvalue weighted by Gasteiger charge is -2.09. The lowest BCUT2D eigenvalue weighted by molar-refractivity contribution is -0.385. The van der Waals surface area contributed by atoms with Crippen molar-refractivity contribution in [3.05, 3.63) is 63.5 Å². The highest BCUT2D eigenvalue weighted by Crippen LogP contribution is 2.25. The molecule has 0 saturated carbocycles. The molecule has 7 heteroatoms. The third-order valence-corrected chi connectivity index (χ3v) is 2.89. The average Bonchev–Trinajstić information content (AvgIpc) is 2.40. The molecule has 0 fully saturated rings. The largest absolute Gasteiger partial charge is 0.478 e. The van der Waals surface area contributed by atoms with E-state index < -0.39 is 16.7 Å². The summed E-state index contributed by atoms with van der Waals surface area (Å²) in [5.41, 5.74) is 0.820. The van der Waals surface area contributed by atoms with Crippen molar-refractivity contribution in [1.29, 1.82) is 0 Å². The number of hydrogen-bond donors (Lipinski definition) is 2. The van der Waals surface area contributed by atoms with Gasteiger partial charge in [-0.3, -0.25) is 10.1 Å². The maximum Gasteiger partial charge on any atom is 0.335 e. The van der Waals surface area contributed by atoms with Crippen LogP contribution in [0, 0.1) is 22.9 Å². The molecule has 0 spiro atoms. The summed E-state index contributed by atoms with van der Waals surface area (Å²) >= 11 is 0. The molecular formula is C14H11FN2O4. The second-order valence-corrected chi connectivity index (χ2v) is 4.38. The Morgan fingerprint density at radius 2 is 2.00 bits per heavy atom. The van der Waals surface area contributed by atoms with Crippen LogP contribution in [0.4, 0.5) is 21.5 Å². The molecule has 6 nitrogen and oxygen atoms in total. The van der Waals surface area contributed by atoms with Crippen molar-refractivity contribution >= 4 is 23.0 Å². The molecule has 21 heavy (non-hydrogen) atoms.